The molecule has 1 N–H and O–H groups in total. The zero-order valence-corrected chi connectivity index (χ0v) is 15.5. The summed E-state index contributed by atoms with van der Waals surface area (Å²) in [7, 11) is 0. The number of carbonyl (C=O) groups is 1. The lowest BCUT2D eigenvalue weighted by atomic mass is 10.00. The van der Waals surface area contributed by atoms with Crippen LogP contribution in [0.4, 0.5) is 0 Å². The minimum atomic E-state index is 0.0961. The Balaban J connectivity index is 1.45. The van der Waals surface area contributed by atoms with Crippen molar-refractivity contribution >= 4 is 5.91 Å². The molecule has 1 aromatic heterocycles. The molecule has 2 unspecified atom stereocenters. The molecule has 1 aliphatic rings. The summed E-state index contributed by atoms with van der Waals surface area (Å²) in [5.41, 5.74) is 2.61. The number of rotatable bonds is 7. The van der Waals surface area contributed by atoms with Crippen molar-refractivity contribution in [3.8, 4) is 0 Å². The van der Waals surface area contributed by atoms with Gasteiger partial charge in [0.2, 0.25) is 11.8 Å². The molecule has 1 saturated carbocycles. The van der Waals surface area contributed by atoms with Crippen LogP contribution >= 0.6 is 0 Å². The van der Waals surface area contributed by atoms with Crippen molar-refractivity contribution in [2.45, 2.75) is 58.3 Å². The van der Waals surface area contributed by atoms with Gasteiger partial charge in [0.05, 0.1) is 0 Å². The Morgan fingerprint density at radius 2 is 1.92 bits per heavy atom. The number of nitrogens with zero attached hydrogens (tertiary/aromatic N) is 2. The minimum absolute atomic E-state index is 0.0961. The number of benzene rings is 1. The number of nitrogens with one attached hydrogen (secondary N) is 1. The molecule has 1 aromatic carbocycles. The maximum Gasteiger partial charge on any atom is 0.228 e. The van der Waals surface area contributed by atoms with Gasteiger partial charge in [0, 0.05) is 24.8 Å². The summed E-state index contributed by atoms with van der Waals surface area (Å²) < 4.78 is 5.19. The van der Waals surface area contributed by atoms with Gasteiger partial charge in [-0.05, 0) is 29.4 Å². The van der Waals surface area contributed by atoms with E-state index in [0.717, 1.165) is 6.42 Å². The maximum atomic E-state index is 12.3. The first kappa shape index (κ1) is 17.6. The SMILES string of the molecule is CC(C)c1ccc(C2CC2C(=O)NCCc2nc(C(C)C)no2)cc1. The predicted molar refractivity (Wildman–Crippen MR) is 96.5 cm³/mol. The molecule has 5 nitrogen and oxygen atoms in total. The summed E-state index contributed by atoms with van der Waals surface area (Å²) in [5.74, 6) is 2.67. The highest BCUT2D eigenvalue weighted by atomic mass is 16.5. The Labute approximate surface area is 149 Å². The third-order valence-electron chi connectivity index (χ3n) is 4.80. The number of amides is 1. The summed E-state index contributed by atoms with van der Waals surface area (Å²) in [6.45, 7) is 8.97. The Bertz CT molecular complexity index is 719. The van der Waals surface area contributed by atoms with E-state index in [9.17, 15) is 4.79 Å². The predicted octanol–water partition coefficient (Wildman–Crippen LogP) is 3.78. The zero-order chi connectivity index (χ0) is 18.0. The van der Waals surface area contributed by atoms with E-state index in [2.05, 4.69) is 53.6 Å². The molecule has 2 aromatic rings. The van der Waals surface area contributed by atoms with Gasteiger partial charge in [0.1, 0.15) is 0 Å². The summed E-state index contributed by atoms with van der Waals surface area (Å²) >= 11 is 0. The van der Waals surface area contributed by atoms with Gasteiger partial charge in [-0.1, -0.05) is 57.1 Å². The van der Waals surface area contributed by atoms with Gasteiger partial charge in [-0.15, -0.1) is 0 Å². The van der Waals surface area contributed by atoms with Crippen molar-refractivity contribution in [2.24, 2.45) is 5.92 Å². The molecule has 2 atom stereocenters. The average molecular weight is 341 g/mol. The van der Waals surface area contributed by atoms with Crippen LogP contribution in [-0.2, 0) is 11.2 Å². The van der Waals surface area contributed by atoms with E-state index in [4.69, 9.17) is 4.52 Å². The highest BCUT2D eigenvalue weighted by Gasteiger charge is 2.43. The van der Waals surface area contributed by atoms with E-state index in [1.165, 1.54) is 11.1 Å². The van der Waals surface area contributed by atoms with Crippen molar-refractivity contribution in [1.29, 1.82) is 0 Å². The fourth-order valence-corrected chi connectivity index (χ4v) is 3.01. The smallest absolute Gasteiger partial charge is 0.228 e. The topological polar surface area (TPSA) is 68.0 Å². The monoisotopic (exact) mass is 341 g/mol. The van der Waals surface area contributed by atoms with Crippen LogP contribution in [-0.4, -0.2) is 22.6 Å². The Morgan fingerprint density at radius 3 is 2.52 bits per heavy atom. The van der Waals surface area contributed by atoms with Crippen LogP contribution in [0.1, 0.15) is 74.7 Å². The third-order valence-corrected chi connectivity index (χ3v) is 4.80. The minimum Gasteiger partial charge on any atom is -0.355 e. The van der Waals surface area contributed by atoms with Crippen LogP contribution in [0.15, 0.2) is 28.8 Å². The van der Waals surface area contributed by atoms with Crippen LogP contribution in [0, 0.1) is 5.92 Å². The van der Waals surface area contributed by atoms with Gasteiger partial charge in [0.15, 0.2) is 5.82 Å². The van der Waals surface area contributed by atoms with Crippen LogP contribution in [0.5, 0.6) is 0 Å². The van der Waals surface area contributed by atoms with Gasteiger partial charge in [-0.3, -0.25) is 4.79 Å². The molecule has 0 saturated heterocycles. The van der Waals surface area contributed by atoms with Crippen molar-refractivity contribution in [2.75, 3.05) is 6.54 Å². The van der Waals surface area contributed by atoms with Gasteiger partial charge in [0.25, 0.3) is 0 Å². The normalized spacial score (nSPS) is 19.4. The Kier molecular flexibility index (Phi) is 5.21. The molecule has 5 heteroatoms. The van der Waals surface area contributed by atoms with Crippen LogP contribution < -0.4 is 5.32 Å². The number of hydrogen-bond acceptors (Lipinski definition) is 4. The lowest BCUT2D eigenvalue weighted by Crippen LogP contribution is -2.27. The number of hydrogen-bond donors (Lipinski definition) is 1. The van der Waals surface area contributed by atoms with E-state index < -0.39 is 0 Å². The van der Waals surface area contributed by atoms with E-state index in [1.54, 1.807) is 0 Å². The summed E-state index contributed by atoms with van der Waals surface area (Å²) in [5, 5.41) is 6.93. The first-order valence-corrected chi connectivity index (χ1v) is 9.15. The molecular formula is C20H27N3O2. The quantitative estimate of drug-likeness (QED) is 0.832. The van der Waals surface area contributed by atoms with Gasteiger partial charge in [-0.25, -0.2) is 0 Å². The van der Waals surface area contributed by atoms with Crippen molar-refractivity contribution in [3.63, 3.8) is 0 Å². The molecular weight excluding hydrogens is 314 g/mol. The standard InChI is InChI=1S/C20H27N3O2/c1-12(2)14-5-7-15(8-6-14)16-11-17(16)20(24)21-10-9-18-22-19(13(3)4)23-25-18/h5-8,12-13,16-17H,9-11H2,1-4H3,(H,21,24). The maximum absolute atomic E-state index is 12.3. The number of carbonyl (C=O) groups excluding carboxylic acids is 1. The van der Waals surface area contributed by atoms with Crippen molar-refractivity contribution < 1.29 is 9.32 Å². The molecule has 0 bridgehead atoms. The summed E-state index contributed by atoms with van der Waals surface area (Å²) in [6.07, 6.45) is 1.51. The van der Waals surface area contributed by atoms with Crippen LogP contribution in [0.3, 0.4) is 0 Å². The molecule has 1 fully saturated rings. The fraction of sp³-hybridized carbons (Fsp3) is 0.550. The van der Waals surface area contributed by atoms with E-state index in [1.807, 2.05) is 13.8 Å². The van der Waals surface area contributed by atoms with E-state index >= 15 is 0 Å². The average Bonchev–Trinajstić information content (AvgIpc) is 3.25. The van der Waals surface area contributed by atoms with Crippen LogP contribution in [0.2, 0.25) is 0 Å². The number of aromatic nitrogens is 2. The second kappa shape index (κ2) is 7.38. The first-order chi connectivity index (χ1) is 12.0. The molecule has 1 heterocycles. The second-order valence-corrected chi connectivity index (χ2v) is 7.51. The molecule has 25 heavy (non-hydrogen) atoms. The van der Waals surface area contributed by atoms with Gasteiger partial charge >= 0.3 is 0 Å². The molecule has 134 valence electrons. The lowest BCUT2D eigenvalue weighted by Gasteiger charge is -2.07. The summed E-state index contributed by atoms with van der Waals surface area (Å²) in [6, 6.07) is 8.68. The zero-order valence-electron chi connectivity index (χ0n) is 15.5. The third kappa shape index (κ3) is 4.27. The Morgan fingerprint density at radius 1 is 1.20 bits per heavy atom. The van der Waals surface area contributed by atoms with Crippen molar-refractivity contribution in [1.82, 2.24) is 15.5 Å². The fourth-order valence-electron chi connectivity index (χ4n) is 3.01. The second-order valence-electron chi connectivity index (χ2n) is 7.51. The van der Waals surface area contributed by atoms with E-state index in [0.29, 0.717) is 36.5 Å². The van der Waals surface area contributed by atoms with Gasteiger partial charge < -0.3 is 9.84 Å². The highest BCUT2D eigenvalue weighted by molar-refractivity contribution is 5.82. The first-order valence-electron chi connectivity index (χ1n) is 9.15. The molecule has 0 radical (unpaired) electrons. The van der Waals surface area contributed by atoms with Gasteiger partial charge in [-0.2, -0.15) is 4.98 Å². The lowest BCUT2D eigenvalue weighted by molar-refractivity contribution is -0.122. The molecule has 0 aliphatic heterocycles. The van der Waals surface area contributed by atoms with Crippen molar-refractivity contribution in [3.05, 3.63) is 47.1 Å². The molecule has 1 aliphatic carbocycles. The molecule has 3 rings (SSSR count). The van der Waals surface area contributed by atoms with Crippen LogP contribution in [0.25, 0.3) is 0 Å². The Hall–Kier alpha value is -2.17. The highest BCUT2D eigenvalue weighted by Crippen LogP contribution is 2.47. The largest absolute Gasteiger partial charge is 0.355 e. The van der Waals surface area contributed by atoms with E-state index in [-0.39, 0.29) is 17.7 Å². The molecule has 0 spiro atoms. The molecule has 1 amide bonds. The summed E-state index contributed by atoms with van der Waals surface area (Å²) in [4.78, 5) is 16.6.